The van der Waals surface area contributed by atoms with E-state index in [1.807, 2.05) is 6.92 Å². The predicted octanol–water partition coefficient (Wildman–Crippen LogP) is 3.56. The Bertz CT molecular complexity index is 538. The third-order valence-corrected chi connectivity index (χ3v) is 5.85. The van der Waals surface area contributed by atoms with Crippen molar-refractivity contribution < 1.29 is 23.8 Å². The molecule has 0 radical (unpaired) electrons. The lowest BCUT2D eigenvalue weighted by atomic mass is 9.52. The Kier molecular flexibility index (Phi) is 5.24. The van der Waals surface area contributed by atoms with E-state index >= 15 is 0 Å². The van der Waals surface area contributed by atoms with Gasteiger partial charge in [0.05, 0.1) is 12.2 Å². The number of hydrogen-bond donors (Lipinski definition) is 0. The molecule has 0 amide bonds. The molecule has 0 aromatic carbocycles. The van der Waals surface area contributed by atoms with Crippen molar-refractivity contribution in [3.63, 3.8) is 0 Å². The van der Waals surface area contributed by atoms with E-state index in [-0.39, 0.29) is 23.1 Å². The monoisotopic (exact) mass is 350 g/mol. The van der Waals surface area contributed by atoms with Crippen LogP contribution in [0.15, 0.2) is 12.2 Å². The van der Waals surface area contributed by atoms with Gasteiger partial charge in [-0.05, 0) is 64.2 Å². The van der Waals surface area contributed by atoms with Crippen molar-refractivity contribution >= 4 is 11.9 Å². The third kappa shape index (κ3) is 4.08. The van der Waals surface area contributed by atoms with Crippen molar-refractivity contribution in [2.45, 2.75) is 76.4 Å². The zero-order valence-electron chi connectivity index (χ0n) is 15.5. The smallest absolute Gasteiger partial charge is 0.333 e. The minimum atomic E-state index is -0.374. The van der Waals surface area contributed by atoms with Gasteiger partial charge in [0, 0.05) is 25.0 Å². The molecular weight excluding hydrogens is 320 g/mol. The highest BCUT2D eigenvalue weighted by Crippen LogP contribution is 2.60. The molecule has 0 aromatic heterocycles. The Hall–Kier alpha value is -1.36. The van der Waals surface area contributed by atoms with Crippen LogP contribution in [0.3, 0.4) is 0 Å². The third-order valence-electron chi connectivity index (χ3n) is 5.85. The van der Waals surface area contributed by atoms with Gasteiger partial charge in [-0.3, -0.25) is 4.79 Å². The van der Waals surface area contributed by atoms with E-state index < -0.39 is 0 Å². The number of hydrogen-bond acceptors (Lipinski definition) is 5. The Morgan fingerprint density at radius 2 is 1.76 bits per heavy atom. The van der Waals surface area contributed by atoms with E-state index in [0.29, 0.717) is 43.5 Å². The lowest BCUT2D eigenvalue weighted by Crippen LogP contribution is -2.61. The number of carbonyl (C=O) groups excluding carboxylic acids is 2. The summed E-state index contributed by atoms with van der Waals surface area (Å²) in [7, 11) is 0. The highest BCUT2D eigenvalue weighted by Gasteiger charge is 2.60. The molecule has 5 nitrogen and oxygen atoms in total. The van der Waals surface area contributed by atoms with Crippen molar-refractivity contribution in [2.75, 3.05) is 13.2 Å². The topological polar surface area (TPSA) is 61.8 Å². The summed E-state index contributed by atoms with van der Waals surface area (Å²) >= 11 is 0. The van der Waals surface area contributed by atoms with Gasteiger partial charge >= 0.3 is 11.9 Å². The van der Waals surface area contributed by atoms with Crippen LogP contribution in [0.5, 0.6) is 0 Å². The maximum absolute atomic E-state index is 12.1. The molecule has 2 unspecified atom stereocenters. The van der Waals surface area contributed by atoms with Crippen LogP contribution in [0.1, 0.15) is 65.2 Å². The van der Waals surface area contributed by atoms with Crippen molar-refractivity contribution in [3.05, 3.63) is 12.2 Å². The second kappa shape index (κ2) is 7.10. The van der Waals surface area contributed by atoms with Crippen LogP contribution in [0.25, 0.3) is 0 Å². The van der Waals surface area contributed by atoms with E-state index in [9.17, 15) is 9.59 Å². The van der Waals surface area contributed by atoms with Gasteiger partial charge in [-0.2, -0.15) is 0 Å². The summed E-state index contributed by atoms with van der Waals surface area (Å²) in [6.07, 6.45) is 7.09. The van der Waals surface area contributed by atoms with Crippen LogP contribution < -0.4 is 0 Å². The average molecular weight is 350 g/mol. The molecule has 0 heterocycles. The zero-order chi connectivity index (χ0) is 18.1. The summed E-state index contributed by atoms with van der Waals surface area (Å²) in [6, 6.07) is 0. The van der Waals surface area contributed by atoms with Crippen LogP contribution >= 0.6 is 0 Å². The predicted molar refractivity (Wildman–Crippen MR) is 92.9 cm³/mol. The molecule has 0 N–H and O–H groups in total. The van der Waals surface area contributed by atoms with E-state index in [1.54, 1.807) is 6.92 Å². The largest absolute Gasteiger partial charge is 0.466 e. The SMILES string of the molecule is C=C(C)C(=O)OC12CC3CC(CC(OCCCC(=O)OCC)(C3)C1)C2. The fraction of sp³-hybridized carbons (Fsp3) is 0.800. The van der Waals surface area contributed by atoms with Gasteiger partial charge in [0.15, 0.2) is 0 Å². The molecule has 2 atom stereocenters. The molecule has 0 aromatic rings. The first-order valence-electron chi connectivity index (χ1n) is 9.54. The van der Waals surface area contributed by atoms with E-state index in [0.717, 1.165) is 32.1 Å². The normalized spacial score (nSPS) is 35.4. The summed E-state index contributed by atoms with van der Waals surface area (Å²) in [5, 5.41) is 0. The molecule has 25 heavy (non-hydrogen) atoms. The maximum Gasteiger partial charge on any atom is 0.333 e. The zero-order valence-corrected chi connectivity index (χ0v) is 15.5. The number of esters is 2. The quantitative estimate of drug-likeness (QED) is 0.380. The van der Waals surface area contributed by atoms with Crippen LogP contribution in [0.4, 0.5) is 0 Å². The van der Waals surface area contributed by atoms with Crippen molar-refractivity contribution in [3.8, 4) is 0 Å². The average Bonchev–Trinajstić information content (AvgIpc) is 2.50. The molecule has 0 spiro atoms. The van der Waals surface area contributed by atoms with Gasteiger partial charge < -0.3 is 14.2 Å². The molecular formula is C20H30O5. The van der Waals surface area contributed by atoms with Crippen molar-refractivity contribution in [1.82, 2.24) is 0 Å². The fourth-order valence-corrected chi connectivity index (χ4v) is 5.41. The van der Waals surface area contributed by atoms with Crippen molar-refractivity contribution in [2.24, 2.45) is 11.8 Å². The van der Waals surface area contributed by atoms with Gasteiger partial charge in [0.25, 0.3) is 0 Å². The van der Waals surface area contributed by atoms with E-state index in [4.69, 9.17) is 14.2 Å². The first-order chi connectivity index (χ1) is 11.9. The molecule has 5 heteroatoms. The van der Waals surface area contributed by atoms with Gasteiger partial charge in [-0.25, -0.2) is 4.79 Å². The Morgan fingerprint density at radius 3 is 2.36 bits per heavy atom. The summed E-state index contributed by atoms with van der Waals surface area (Å²) in [4.78, 5) is 23.6. The second-order valence-corrected chi connectivity index (χ2v) is 8.25. The van der Waals surface area contributed by atoms with E-state index in [1.165, 1.54) is 6.42 Å². The Morgan fingerprint density at radius 1 is 1.12 bits per heavy atom. The molecule has 4 aliphatic carbocycles. The molecule has 4 rings (SSSR count). The van der Waals surface area contributed by atoms with Crippen LogP contribution in [0, 0.1) is 11.8 Å². The summed E-state index contributed by atoms with van der Waals surface area (Å²) < 4.78 is 17.2. The van der Waals surface area contributed by atoms with E-state index in [2.05, 4.69) is 6.58 Å². The first kappa shape index (κ1) is 18.4. The summed E-state index contributed by atoms with van der Waals surface area (Å²) in [5.74, 6) is 0.705. The molecule has 0 saturated heterocycles. The number of carbonyl (C=O) groups is 2. The molecule has 4 fully saturated rings. The summed E-state index contributed by atoms with van der Waals surface area (Å²) in [6.45, 7) is 8.21. The van der Waals surface area contributed by atoms with Gasteiger partial charge in [0.2, 0.25) is 0 Å². The van der Waals surface area contributed by atoms with Gasteiger partial charge in [-0.15, -0.1) is 0 Å². The molecule has 4 saturated carbocycles. The molecule has 4 bridgehead atoms. The Balaban J connectivity index is 1.59. The number of rotatable bonds is 8. The van der Waals surface area contributed by atoms with Crippen LogP contribution in [-0.2, 0) is 23.8 Å². The fourth-order valence-electron chi connectivity index (χ4n) is 5.41. The minimum absolute atomic E-state index is 0.163. The standard InChI is InChI=1S/C20H30O5/c1-4-23-17(21)6-5-7-24-19-9-15-8-16(10-19)12-20(11-15,13-19)25-18(22)14(2)3/h15-16H,2,4-13H2,1,3H3. The minimum Gasteiger partial charge on any atom is -0.466 e. The lowest BCUT2D eigenvalue weighted by molar-refractivity contribution is -0.232. The number of ether oxygens (including phenoxy) is 3. The maximum atomic E-state index is 12.1. The molecule has 140 valence electrons. The van der Waals surface area contributed by atoms with Crippen molar-refractivity contribution in [1.29, 1.82) is 0 Å². The van der Waals surface area contributed by atoms with Crippen LogP contribution in [-0.4, -0.2) is 36.4 Å². The van der Waals surface area contributed by atoms with Crippen LogP contribution in [0.2, 0.25) is 0 Å². The first-order valence-corrected chi connectivity index (χ1v) is 9.54. The Labute approximate surface area is 150 Å². The van der Waals surface area contributed by atoms with Gasteiger partial charge in [-0.1, -0.05) is 6.58 Å². The highest BCUT2D eigenvalue weighted by molar-refractivity contribution is 5.87. The molecule has 4 aliphatic rings. The van der Waals surface area contributed by atoms with Gasteiger partial charge in [0.1, 0.15) is 5.60 Å². The highest BCUT2D eigenvalue weighted by atomic mass is 16.6. The lowest BCUT2D eigenvalue weighted by Gasteiger charge is -2.60. The second-order valence-electron chi connectivity index (χ2n) is 8.25. The molecule has 0 aliphatic heterocycles. The summed E-state index contributed by atoms with van der Waals surface area (Å²) in [5.41, 5.74) is -0.102.